The highest BCUT2D eigenvalue weighted by Crippen LogP contribution is 2.17. The summed E-state index contributed by atoms with van der Waals surface area (Å²) in [6, 6.07) is 8.59. The molecule has 9 heteroatoms. The van der Waals surface area contributed by atoms with E-state index in [1.165, 1.54) is 24.9 Å². The maximum atomic E-state index is 12.4. The normalized spacial score (nSPS) is 13.1. The quantitative estimate of drug-likeness (QED) is 0.874. The van der Waals surface area contributed by atoms with E-state index in [1.807, 2.05) is 30.3 Å². The maximum absolute atomic E-state index is 12.4. The van der Waals surface area contributed by atoms with Crippen LogP contribution in [0, 0.1) is 0 Å². The van der Waals surface area contributed by atoms with Crippen molar-refractivity contribution < 1.29 is 18.0 Å². The number of halogens is 3. The van der Waals surface area contributed by atoms with Crippen molar-refractivity contribution in [1.29, 1.82) is 0 Å². The molecule has 0 spiro atoms. The van der Waals surface area contributed by atoms with Crippen molar-refractivity contribution in [3.63, 3.8) is 0 Å². The van der Waals surface area contributed by atoms with Gasteiger partial charge in [0.2, 0.25) is 5.91 Å². The number of anilines is 1. The summed E-state index contributed by atoms with van der Waals surface area (Å²) in [7, 11) is 1.24. The molecule has 0 aliphatic rings. The van der Waals surface area contributed by atoms with Gasteiger partial charge >= 0.3 is 6.18 Å². The summed E-state index contributed by atoms with van der Waals surface area (Å²) < 4.78 is 38.6. The number of carbonyl (C=O) groups is 1. The number of hydrogen-bond acceptors (Lipinski definition) is 4. The van der Waals surface area contributed by atoms with Gasteiger partial charge in [-0.2, -0.15) is 13.2 Å². The Morgan fingerprint density at radius 1 is 1.33 bits per heavy atom. The van der Waals surface area contributed by atoms with Crippen molar-refractivity contribution in [3.8, 4) is 0 Å². The van der Waals surface area contributed by atoms with Gasteiger partial charge in [0, 0.05) is 0 Å². The molecule has 0 bridgehead atoms. The van der Waals surface area contributed by atoms with Gasteiger partial charge in [-0.15, -0.1) is 5.10 Å². The van der Waals surface area contributed by atoms with Gasteiger partial charge in [0.1, 0.15) is 0 Å². The number of rotatable bonds is 6. The van der Waals surface area contributed by atoms with Crippen LogP contribution >= 0.6 is 0 Å². The first-order chi connectivity index (χ1) is 11.2. The van der Waals surface area contributed by atoms with Crippen LogP contribution in [0.25, 0.3) is 0 Å². The van der Waals surface area contributed by atoms with E-state index in [0.717, 1.165) is 10.5 Å². The molecule has 0 aliphatic carbocycles. The minimum atomic E-state index is -4.36. The number of nitrogens with zero attached hydrogens (tertiary/aromatic N) is 4. The predicted molar refractivity (Wildman–Crippen MR) is 82.3 cm³/mol. The summed E-state index contributed by atoms with van der Waals surface area (Å²) in [6.07, 6.45) is -2.83. The molecule has 1 unspecified atom stereocenters. The van der Waals surface area contributed by atoms with Crippen LogP contribution < -0.4 is 5.32 Å². The number of nitrogens with one attached hydrogen (secondary N) is 1. The van der Waals surface area contributed by atoms with Gasteiger partial charge in [0.25, 0.3) is 0 Å². The Morgan fingerprint density at radius 2 is 2.00 bits per heavy atom. The van der Waals surface area contributed by atoms with Crippen LogP contribution in [0.2, 0.25) is 0 Å². The fourth-order valence-electron chi connectivity index (χ4n) is 2.05. The number of amides is 1. The van der Waals surface area contributed by atoms with E-state index in [4.69, 9.17) is 0 Å². The van der Waals surface area contributed by atoms with Gasteiger partial charge < -0.3 is 5.32 Å². The number of aromatic nitrogens is 3. The molecule has 24 heavy (non-hydrogen) atoms. The Kier molecular flexibility index (Phi) is 5.55. The molecule has 2 aromatic rings. The van der Waals surface area contributed by atoms with Crippen molar-refractivity contribution in [3.05, 3.63) is 42.1 Å². The van der Waals surface area contributed by atoms with Crippen LogP contribution in [0.3, 0.4) is 0 Å². The summed E-state index contributed by atoms with van der Waals surface area (Å²) in [5, 5.41) is 10.2. The van der Waals surface area contributed by atoms with Crippen LogP contribution in [0.4, 0.5) is 19.0 Å². The van der Waals surface area contributed by atoms with Gasteiger partial charge in [-0.1, -0.05) is 35.5 Å². The van der Waals surface area contributed by atoms with E-state index in [0.29, 0.717) is 6.54 Å². The van der Waals surface area contributed by atoms with Crippen LogP contribution in [0.5, 0.6) is 0 Å². The lowest BCUT2D eigenvalue weighted by Gasteiger charge is -2.24. The van der Waals surface area contributed by atoms with E-state index < -0.39 is 24.7 Å². The molecular weight excluding hydrogens is 323 g/mol. The van der Waals surface area contributed by atoms with Crippen LogP contribution in [-0.2, 0) is 11.3 Å². The first kappa shape index (κ1) is 17.9. The van der Waals surface area contributed by atoms with E-state index in [9.17, 15) is 18.0 Å². The van der Waals surface area contributed by atoms with Crippen molar-refractivity contribution >= 4 is 11.7 Å². The van der Waals surface area contributed by atoms with E-state index in [1.54, 1.807) is 0 Å². The second-order valence-electron chi connectivity index (χ2n) is 5.48. The number of likely N-dealkylation sites (N-methyl/N-ethyl adjacent to an activating group) is 1. The highest BCUT2D eigenvalue weighted by atomic mass is 19.4. The zero-order valence-electron chi connectivity index (χ0n) is 13.3. The third-order valence-electron chi connectivity index (χ3n) is 3.45. The van der Waals surface area contributed by atoms with E-state index >= 15 is 0 Å². The summed E-state index contributed by atoms with van der Waals surface area (Å²) in [6.45, 7) is 0.713. The molecule has 0 fully saturated rings. The third-order valence-corrected chi connectivity index (χ3v) is 3.45. The molecule has 1 heterocycles. The first-order valence-corrected chi connectivity index (χ1v) is 7.26. The minimum absolute atomic E-state index is 0.197. The smallest absolute Gasteiger partial charge is 0.306 e. The fraction of sp³-hybridized carbons (Fsp3) is 0.400. The fourth-order valence-corrected chi connectivity index (χ4v) is 2.05. The van der Waals surface area contributed by atoms with Gasteiger partial charge in [-0.3, -0.25) is 9.69 Å². The molecule has 1 aromatic carbocycles. The summed E-state index contributed by atoms with van der Waals surface area (Å²) in [5.41, 5.74) is 1.01. The lowest BCUT2D eigenvalue weighted by atomic mass is 10.2. The second-order valence-corrected chi connectivity index (χ2v) is 5.48. The van der Waals surface area contributed by atoms with Crippen molar-refractivity contribution in [1.82, 2.24) is 19.9 Å². The maximum Gasteiger partial charge on any atom is 0.401 e. The lowest BCUT2D eigenvalue weighted by molar-refractivity contribution is -0.149. The molecule has 0 saturated heterocycles. The Bertz CT molecular complexity index is 671. The monoisotopic (exact) mass is 341 g/mol. The largest absolute Gasteiger partial charge is 0.401 e. The van der Waals surface area contributed by atoms with Crippen molar-refractivity contribution in [2.45, 2.75) is 25.7 Å². The standard InChI is InChI=1S/C15H18F3N5O/c1-11(22(2)10-15(16,17)18)14(24)19-13-9-23(21-20-13)8-12-6-4-3-5-7-12/h3-7,9,11H,8,10H2,1-2H3,(H,19,24). The van der Waals surface area contributed by atoms with Crippen molar-refractivity contribution in [2.24, 2.45) is 0 Å². The van der Waals surface area contributed by atoms with Crippen LogP contribution in [0.15, 0.2) is 36.5 Å². The average Bonchev–Trinajstić information content (AvgIpc) is 2.92. The summed E-state index contributed by atoms with van der Waals surface area (Å²) in [4.78, 5) is 12.9. The highest BCUT2D eigenvalue weighted by Gasteiger charge is 2.32. The SMILES string of the molecule is CC(C(=O)Nc1cn(Cc2ccccc2)nn1)N(C)CC(F)(F)F. The van der Waals surface area contributed by atoms with Gasteiger partial charge in [-0.25, -0.2) is 4.68 Å². The highest BCUT2D eigenvalue weighted by molar-refractivity contribution is 5.93. The van der Waals surface area contributed by atoms with E-state index in [2.05, 4.69) is 15.6 Å². The molecular formula is C15H18F3N5O. The number of carbonyl (C=O) groups excluding carboxylic acids is 1. The van der Waals surface area contributed by atoms with Gasteiger partial charge in [-0.05, 0) is 19.5 Å². The van der Waals surface area contributed by atoms with E-state index in [-0.39, 0.29) is 5.82 Å². The minimum Gasteiger partial charge on any atom is -0.306 e. The zero-order valence-corrected chi connectivity index (χ0v) is 13.3. The van der Waals surface area contributed by atoms with Gasteiger partial charge in [0.05, 0.1) is 25.3 Å². The molecule has 0 aliphatic heterocycles. The molecule has 1 atom stereocenters. The molecule has 130 valence electrons. The number of alkyl halides is 3. The van der Waals surface area contributed by atoms with Crippen LogP contribution in [-0.4, -0.2) is 51.6 Å². The number of benzene rings is 1. The van der Waals surface area contributed by atoms with Crippen LogP contribution in [0.1, 0.15) is 12.5 Å². The molecule has 0 radical (unpaired) electrons. The lowest BCUT2D eigenvalue weighted by Crippen LogP contribution is -2.44. The first-order valence-electron chi connectivity index (χ1n) is 7.26. The molecule has 1 amide bonds. The Morgan fingerprint density at radius 3 is 2.62 bits per heavy atom. The molecule has 1 N–H and O–H groups in total. The summed E-state index contributed by atoms with van der Waals surface area (Å²) in [5.74, 6) is -0.378. The Balaban J connectivity index is 1.92. The molecule has 1 aromatic heterocycles. The Labute approximate surface area is 137 Å². The average molecular weight is 341 g/mol. The molecule has 0 saturated carbocycles. The summed E-state index contributed by atoms with van der Waals surface area (Å²) >= 11 is 0. The number of hydrogen-bond donors (Lipinski definition) is 1. The predicted octanol–water partition coefficient (Wildman–Crippen LogP) is 2.15. The molecule has 6 nitrogen and oxygen atoms in total. The zero-order chi connectivity index (χ0) is 17.7. The second kappa shape index (κ2) is 7.43. The Hall–Kier alpha value is -2.42. The van der Waals surface area contributed by atoms with Crippen molar-refractivity contribution in [2.75, 3.05) is 18.9 Å². The third kappa shape index (κ3) is 5.34. The topological polar surface area (TPSA) is 63.1 Å². The van der Waals surface area contributed by atoms with Gasteiger partial charge in [0.15, 0.2) is 5.82 Å². The molecule has 2 rings (SSSR count).